The average Bonchev–Trinajstić information content (AvgIpc) is 2.86. The number of rotatable bonds is 2. The second-order valence-corrected chi connectivity index (χ2v) is 5.12. The molecule has 1 aromatic carbocycles. The Morgan fingerprint density at radius 3 is 2.76 bits per heavy atom. The topological polar surface area (TPSA) is 66.8 Å². The van der Waals surface area contributed by atoms with E-state index in [9.17, 15) is 9.59 Å². The fraction of sp³-hybridized carbons (Fsp3) is 0.375. The fourth-order valence-corrected chi connectivity index (χ4v) is 2.37. The first kappa shape index (κ1) is 14.9. The largest absolute Gasteiger partial charge is 0.472 e. The molecule has 0 saturated carbocycles. The highest BCUT2D eigenvalue weighted by molar-refractivity contribution is 5.87. The van der Waals surface area contributed by atoms with Crippen LogP contribution >= 0.6 is 0 Å². The molecule has 1 aliphatic rings. The van der Waals surface area contributed by atoms with Gasteiger partial charge >= 0.3 is 12.1 Å². The van der Waals surface area contributed by atoms with Gasteiger partial charge in [0.25, 0.3) is 0 Å². The molecular weight excluding hydrogens is 270 g/mol. The number of amides is 1. The Morgan fingerprint density at radius 2 is 2.10 bits per heavy atom. The van der Waals surface area contributed by atoms with Crippen molar-refractivity contribution in [1.29, 1.82) is 0 Å². The lowest BCUT2D eigenvalue weighted by atomic mass is 10.0. The number of hydrogen-bond donors (Lipinski definition) is 1. The Morgan fingerprint density at radius 1 is 1.38 bits per heavy atom. The zero-order valence-electron chi connectivity index (χ0n) is 11.8. The molecule has 5 nitrogen and oxygen atoms in total. The Kier molecular flexibility index (Phi) is 4.49. The van der Waals surface area contributed by atoms with Crippen molar-refractivity contribution in [2.75, 3.05) is 6.54 Å². The van der Waals surface area contributed by atoms with Gasteiger partial charge in [-0.2, -0.15) is 0 Å². The van der Waals surface area contributed by atoms with Crippen molar-refractivity contribution < 1.29 is 19.4 Å². The van der Waals surface area contributed by atoms with Gasteiger partial charge in [-0.15, -0.1) is 0 Å². The van der Waals surface area contributed by atoms with Crippen LogP contribution in [0.15, 0.2) is 30.3 Å². The van der Waals surface area contributed by atoms with Crippen LogP contribution in [0, 0.1) is 11.8 Å². The summed E-state index contributed by atoms with van der Waals surface area (Å²) in [7, 11) is 0. The summed E-state index contributed by atoms with van der Waals surface area (Å²) in [6.07, 6.45) is 0.970. The van der Waals surface area contributed by atoms with Gasteiger partial charge in [0.05, 0.1) is 0 Å². The molecule has 1 N–H and O–H groups in total. The van der Waals surface area contributed by atoms with E-state index in [2.05, 4.69) is 11.8 Å². The number of hydrogen-bond acceptors (Lipinski definition) is 3. The molecular formula is C16H17NO4. The summed E-state index contributed by atoms with van der Waals surface area (Å²) in [6.45, 7) is 2.48. The van der Waals surface area contributed by atoms with Gasteiger partial charge in [-0.25, -0.2) is 9.59 Å². The van der Waals surface area contributed by atoms with E-state index in [1.165, 1.54) is 4.90 Å². The van der Waals surface area contributed by atoms with E-state index in [1.54, 1.807) is 6.92 Å². The number of carboxylic acids is 1. The van der Waals surface area contributed by atoms with E-state index in [1.807, 2.05) is 30.3 Å². The Hall–Kier alpha value is -2.48. The van der Waals surface area contributed by atoms with E-state index >= 15 is 0 Å². The normalized spacial score (nSPS) is 20.5. The molecule has 0 bridgehead atoms. The average molecular weight is 287 g/mol. The third-order valence-corrected chi connectivity index (χ3v) is 3.51. The van der Waals surface area contributed by atoms with E-state index in [0.29, 0.717) is 13.0 Å². The van der Waals surface area contributed by atoms with Crippen LogP contribution < -0.4 is 0 Å². The van der Waals surface area contributed by atoms with Gasteiger partial charge in [0.1, 0.15) is 12.1 Å². The molecule has 1 amide bonds. The number of nitrogens with zero attached hydrogens (tertiary/aromatic N) is 1. The predicted octanol–water partition coefficient (Wildman–Crippen LogP) is 2.27. The summed E-state index contributed by atoms with van der Waals surface area (Å²) >= 11 is 0. The lowest BCUT2D eigenvalue weighted by Crippen LogP contribution is -2.44. The minimum atomic E-state index is -1.19. The molecule has 0 aliphatic carbocycles. The summed E-state index contributed by atoms with van der Waals surface area (Å²) in [6, 6.07) is 9.40. The first-order valence-electron chi connectivity index (χ1n) is 6.76. The number of benzene rings is 1. The molecule has 5 heteroatoms. The van der Waals surface area contributed by atoms with E-state index in [0.717, 1.165) is 12.0 Å². The summed E-state index contributed by atoms with van der Waals surface area (Å²) in [5, 5.41) is 8.66. The zero-order valence-corrected chi connectivity index (χ0v) is 11.8. The van der Waals surface area contributed by atoms with Crippen LogP contribution in [0.3, 0.4) is 0 Å². The fourth-order valence-electron chi connectivity index (χ4n) is 2.37. The quantitative estimate of drug-likeness (QED) is 0.847. The molecule has 1 heterocycles. The predicted molar refractivity (Wildman–Crippen MR) is 76.4 cm³/mol. The number of aliphatic carboxylic acids is 1. The minimum Gasteiger partial charge on any atom is -0.472 e. The molecule has 0 unspecified atom stereocenters. The van der Waals surface area contributed by atoms with Crippen molar-refractivity contribution in [2.24, 2.45) is 0 Å². The molecule has 0 aromatic heterocycles. The molecule has 21 heavy (non-hydrogen) atoms. The van der Waals surface area contributed by atoms with Crippen LogP contribution in [0.4, 0.5) is 4.79 Å². The lowest BCUT2D eigenvalue weighted by molar-refractivity contribution is -0.130. The highest BCUT2D eigenvalue weighted by Gasteiger charge is 2.39. The van der Waals surface area contributed by atoms with Crippen LogP contribution in [0.1, 0.15) is 25.3 Å². The smallest absolute Gasteiger partial charge is 0.411 e. The van der Waals surface area contributed by atoms with Crippen molar-refractivity contribution in [3.05, 3.63) is 35.9 Å². The van der Waals surface area contributed by atoms with Crippen LogP contribution in [0.5, 0.6) is 0 Å². The van der Waals surface area contributed by atoms with Crippen molar-refractivity contribution >= 4 is 12.1 Å². The number of carbonyl (C=O) groups excluding carboxylic acids is 1. The summed E-state index contributed by atoms with van der Waals surface area (Å²) in [5.74, 6) is 3.57. The number of ether oxygens (including phenoxy) is 1. The summed E-state index contributed by atoms with van der Waals surface area (Å²) in [5.41, 5.74) is 0.134. The van der Waals surface area contributed by atoms with Gasteiger partial charge in [-0.3, -0.25) is 4.90 Å². The second kappa shape index (κ2) is 6.31. The molecule has 1 fully saturated rings. The van der Waals surface area contributed by atoms with Crippen molar-refractivity contribution in [3.8, 4) is 11.8 Å². The maximum atomic E-state index is 12.2. The van der Waals surface area contributed by atoms with Crippen LogP contribution in [0.2, 0.25) is 0 Å². The molecule has 1 saturated heterocycles. The molecule has 2 rings (SSSR count). The van der Waals surface area contributed by atoms with E-state index < -0.39 is 17.6 Å². The highest BCUT2D eigenvalue weighted by atomic mass is 16.6. The van der Waals surface area contributed by atoms with Gasteiger partial charge in [0.15, 0.2) is 0 Å². The van der Waals surface area contributed by atoms with Gasteiger partial charge in [-0.05, 0) is 25.3 Å². The first-order valence-corrected chi connectivity index (χ1v) is 6.76. The number of carbonyl (C=O) groups is 2. The Labute approximate surface area is 123 Å². The lowest BCUT2D eigenvalue weighted by Gasteiger charge is -2.29. The van der Waals surface area contributed by atoms with Crippen molar-refractivity contribution in [1.82, 2.24) is 4.90 Å². The van der Waals surface area contributed by atoms with Crippen molar-refractivity contribution in [3.63, 3.8) is 0 Å². The van der Waals surface area contributed by atoms with Crippen LogP contribution in [-0.4, -0.2) is 34.2 Å². The molecule has 0 spiro atoms. The van der Waals surface area contributed by atoms with Gasteiger partial charge in [-0.1, -0.05) is 36.3 Å². The molecule has 110 valence electrons. The molecule has 1 aromatic rings. The standard InChI is InChI=1S/C16H17NO4/c1-16(10-8-14(18)19)9-5-11-17(16)15(20)21-12-13-6-3-2-4-7-13/h2-4,6-7H,5,9,11-12H2,1H3,(H,18,19)/t16-/m0/s1. The monoisotopic (exact) mass is 287 g/mol. The third kappa shape index (κ3) is 3.76. The molecule has 1 aliphatic heterocycles. The molecule has 1 atom stereocenters. The van der Waals surface area contributed by atoms with Crippen LogP contribution in [-0.2, 0) is 16.1 Å². The molecule has 0 radical (unpaired) electrons. The van der Waals surface area contributed by atoms with Gasteiger partial charge < -0.3 is 9.84 Å². The van der Waals surface area contributed by atoms with E-state index in [4.69, 9.17) is 9.84 Å². The zero-order chi connectivity index (χ0) is 15.3. The van der Waals surface area contributed by atoms with Gasteiger partial charge in [0, 0.05) is 12.5 Å². The Balaban J connectivity index is 2.01. The first-order chi connectivity index (χ1) is 10.0. The Bertz CT molecular complexity index is 587. The highest BCUT2D eigenvalue weighted by Crippen LogP contribution is 2.29. The SMILES string of the molecule is C[C@@]1(C#CC(=O)O)CCCN1C(=O)OCc1ccccc1. The van der Waals surface area contributed by atoms with Gasteiger partial charge in [0.2, 0.25) is 0 Å². The maximum absolute atomic E-state index is 12.2. The summed E-state index contributed by atoms with van der Waals surface area (Å²) < 4.78 is 5.29. The van der Waals surface area contributed by atoms with E-state index in [-0.39, 0.29) is 6.61 Å². The summed E-state index contributed by atoms with van der Waals surface area (Å²) in [4.78, 5) is 24.3. The minimum absolute atomic E-state index is 0.193. The third-order valence-electron chi connectivity index (χ3n) is 3.51. The van der Waals surface area contributed by atoms with Crippen molar-refractivity contribution in [2.45, 2.75) is 31.9 Å². The van der Waals surface area contributed by atoms with Crippen LogP contribution in [0.25, 0.3) is 0 Å². The number of carboxylic acid groups (broad SMARTS) is 1. The number of likely N-dealkylation sites (tertiary alicyclic amines) is 1. The second-order valence-electron chi connectivity index (χ2n) is 5.12. The maximum Gasteiger partial charge on any atom is 0.411 e.